The summed E-state index contributed by atoms with van der Waals surface area (Å²) < 4.78 is 5.45. The van der Waals surface area contributed by atoms with Crippen molar-refractivity contribution in [1.29, 1.82) is 0 Å². The third-order valence-corrected chi connectivity index (χ3v) is 2.16. The number of hydrogen-bond acceptors (Lipinski definition) is 3. The first-order chi connectivity index (χ1) is 8.83. The monoisotopic (exact) mass is 248 g/mol. The molecule has 0 saturated carbocycles. The van der Waals surface area contributed by atoms with Crippen molar-refractivity contribution in [3.63, 3.8) is 0 Å². The first-order valence-electron chi connectivity index (χ1n) is 5.78. The van der Waals surface area contributed by atoms with Crippen molar-refractivity contribution >= 4 is 5.91 Å². The van der Waals surface area contributed by atoms with Crippen LogP contribution >= 0.6 is 0 Å². The van der Waals surface area contributed by atoms with Gasteiger partial charge in [0.15, 0.2) is 0 Å². The minimum absolute atomic E-state index is 0.0557. The molecule has 1 aromatic carbocycles. The molecule has 0 aromatic heterocycles. The first-order valence-corrected chi connectivity index (χ1v) is 5.78. The molecule has 1 aromatic rings. The minimum Gasteiger partial charge on any atom is -0.494 e. The van der Waals surface area contributed by atoms with E-state index < -0.39 is 0 Å². The molecule has 0 fully saturated rings. The van der Waals surface area contributed by atoms with E-state index in [-0.39, 0.29) is 12.5 Å². The van der Waals surface area contributed by atoms with Crippen molar-refractivity contribution in [2.24, 2.45) is 5.11 Å². The van der Waals surface area contributed by atoms with Crippen LogP contribution in [0, 0.1) is 0 Å². The largest absolute Gasteiger partial charge is 0.494 e. The molecule has 0 aliphatic rings. The molecule has 1 N–H and O–H groups in total. The molecule has 0 saturated heterocycles. The average molecular weight is 248 g/mol. The second-order valence-electron chi connectivity index (χ2n) is 3.57. The third kappa shape index (κ3) is 6.40. The lowest BCUT2D eigenvalue weighted by atomic mass is 10.3. The Morgan fingerprint density at radius 2 is 2.17 bits per heavy atom. The van der Waals surface area contributed by atoms with E-state index in [1.165, 1.54) is 0 Å². The van der Waals surface area contributed by atoms with Crippen molar-refractivity contribution in [3.8, 4) is 5.75 Å². The molecule has 0 aliphatic carbocycles. The van der Waals surface area contributed by atoms with Gasteiger partial charge in [0, 0.05) is 24.4 Å². The Kier molecular flexibility index (Phi) is 6.85. The smallest absolute Gasteiger partial charge is 0.220 e. The Morgan fingerprint density at radius 1 is 1.39 bits per heavy atom. The van der Waals surface area contributed by atoms with Crippen LogP contribution in [0.5, 0.6) is 5.75 Å². The summed E-state index contributed by atoms with van der Waals surface area (Å²) in [6, 6.07) is 9.47. The molecule has 96 valence electrons. The van der Waals surface area contributed by atoms with Crippen molar-refractivity contribution in [2.45, 2.75) is 12.8 Å². The van der Waals surface area contributed by atoms with E-state index in [0.717, 1.165) is 5.75 Å². The molecule has 0 aliphatic heterocycles. The lowest BCUT2D eigenvalue weighted by molar-refractivity contribution is -0.121. The van der Waals surface area contributed by atoms with Crippen LogP contribution in [0.3, 0.4) is 0 Å². The molecule has 0 spiro atoms. The number of carbonyl (C=O) groups excluding carboxylic acids is 1. The van der Waals surface area contributed by atoms with E-state index in [1.807, 2.05) is 30.3 Å². The summed E-state index contributed by atoms with van der Waals surface area (Å²) in [5.41, 5.74) is 8.04. The zero-order chi connectivity index (χ0) is 13.1. The molecule has 0 atom stereocenters. The quantitative estimate of drug-likeness (QED) is 0.331. The van der Waals surface area contributed by atoms with Crippen LogP contribution in [0.15, 0.2) is 35.4 Å². The molecule has 6 heteroatoms. The highest BCUT2D eigenvalue weighted by atomic mass is 16.5. The van der Waals surface area contributed by atoms with E-state index in [0.29, 0.717) is 26.0 Å². The van der Waals surface area contributed by atoms with Gasteiger partial charge in [0.1, 0.15) is 5.75 Å². The van der Waals surface area contributed by atoms with Crippen LogP contribution in [-0.2, 0) is 4.79 Å². The molecular weight excluding hydrogens is 232 g/mol. The molecule has 1 rings (SSSR count). The molecular formula is C12H16N4O2. The highest BCUT2D eigenvalue weighted by Gasteiger charge is 2.00. The Morgan fingerprint density at radius 3 is 2.89 bits per heavy atom. The first kappa shape index (κ1) is 13.9. The SMILES string of the molecule is [N-]=[N+]=NCCNC(=O)CCCOc1ccccc1. The second-order valence-corrected chi connectivity index (χ2v) is 3.57. The summed E-state index contributed by atoms with van der Waals surface area (Å²) in [6.07, 6.45) is 1.06. The van der Waals surface area contributed by atoms with Crippen LogP contribution < -0.4 is 10.1 Å². The van der Waals surface area contributed by atoms with Gasteiger partial charge < -0.3 is 10.1 Å². The zero-order valence-corrected chi connectivity index (χ0v) is 10.1. The summed E-state index contributed by atoms with van der Waals surface area (Å²) in [6.45, 7) is 1.17. The lowest BCUT2D eigenvalue weighted by Gasteiger charge is -2.06. The molecule has 18 heavy (non-hydrogen) atoms. The molecule has 0 radical (unpaired) electrons. The van der Waals surface area contributed by atoms with Gasteiger partial charge in [0.05, 0.1) is 6.61 Å². The van der Waals surface area contributed by atoms with Crippen LogP contribution in [-0.4, -0.2) is 25.6 Å². The molecule has 0 unspecified atom stereocenters. The predicted molar refractivity (Wildman–Crippen MR) is 68.2 cm³/mol. The van der Waals surface area contributed by atoms with Gasteiger partial charge in [-0.3, -0.25) is 4.79 Å². The number of hydrogen-bond donors (Lipinski definition) is 1. The fraction of sp³-hybridized carbons (Fsp3) is 0.417. The van der Waals surface area contributed by atoms with Gasteiger partial charge in [0.2, 0.25) is 5.91 Å². The lowest BCUT2D eigenvalue weighted by Crippen LogP contribution is -2.25. The summed E-state index contributed by atoms with van der Waals surface area (Å²) in [7, 11) is 0. The van der Waals surface area contributed by atoms with E-state index in [1.54, 1.807) is 0 Å². The predicted octanol–water partition coefficient (Wildman–Crippen LogP) is 2.27. The molecule has 0 heterocycles. The Bertz CT molecular complexity index is 402. The molecule has 1 amide bonds. The summed E-state index contributed by atoms with van der Waals surface area (Å²) in [5.74, 6) is 0.751. The Labute approximate surface area is 106 Å². The number of rotatable bonds is 8. The van der Waals surface area contributed by atoms with Crippen molar-refractivity contribution < 1.29 is 9.53 Å². The summed E-state index contributed by atoms with van der Waals surface area (Å²) in [4.78, 5) is 13.9. The van der Waals surface area contributed by atoms with Gasteiger partial charge in [-0.2, -0.15) is 0 Å². The third-order valence-electron chi connectivity index (χ3n) is 2.16. The van der Waals surface area contributed by atoms with E-state index >= 15 is 0 Å². The van der Waals surface area contributed by atoms with Gasteiger partial charge in [-0.25, -0.2) is 0 Å². The number of nitrogens with zero attached hydrogens (tertiary/aromatic N) is 3. The number of carbonyl (C=O) groups is 1. The van der Waals surface area contributed by atoms with Crippen molar-refractivity contribution in [3.05, 3.63) is 40.8 Å². The van der Waals surface area contributed by atoms with E-state index in [4.69, 9.17) is 10.3 Å². The highest BCUT2D eigenvalue weighted by Crippen LogP contribution is 2.08. The Balaban J connectivity index is 2.03. The maximum Gasteiger partial charge on any atom is 0.220 e. The average Bonchev–Trinajstić information content (AvgIpc) is 2.41. The highest BCUT2D eigenvalue weighted by molar-refractivity contribution is 5.75. The standard InChI is InChI=1S/C12H16N4O2/c13-16-15-9-8-14-12(17)7-4-10-18-11-5-2-1-3-6-11/h1-3,5-6H,4,7-10H2,(H,14,17). The van der Waals surface area contributed by atoms with Gasteiger partial charge in [0.25, 0.3) is 0 Å². The fourth-order valence-electron chi connectivity index (χ4n) is 1.32. The summed E-state index contributed by atoms with van der Waals surface area (Å²) in [5, 5.41) is 5.98. The van der Waals surface area contributed by atoms with Crippen LogP contribution in [0.2, 0.25) is 0 Å². The summed E-state index contributed by atoms with van der Waals surface area (Å²) >= 11 is 0. The van der Waals surface area contributed by atoms with E-state index in [9.17, 15) is 4.79 Å². The minimum atomic E-state index is -0.0557. The fourth-order valence-corrected chi connectivity index (χ4v) is 1.32. The van der Waals surface area contributed by atoms with Crippen LogP contribution in [0.25, 0.3) is 10.4 Å². The maximum absolute atomic E-state index is 11.3. The van der Waals surface area contributed by atoms with E-state index in [2.05, 4.69) is 15.3 Å². The number of benzene rings is 1. The maximum atomic E-state index is 11.3. The zero-order valence-electron chi connectivity index (χ0n) is 10.1. The molecule has 0 bridgehead atoms. The normalized spacial score (nSPS) is 9.33. The van der Waals surface area contributed by atoms with Gasteiger partial charge in [-0.05, 0) is 24.1 Å². The number of amides is 1. The van der Waals surface area contributed by atoms with Gasteiger partial charge >= 0.3 is 0 Å². The van der Waals surface area contributed by atoms with Gasteiger partial charge in [-0.1, -0.05) is 23.3 Å². The molecule has 6 nitrogen and oxygen atoms in total. The van der Waals surface area contributed by atoms with Crippen LogP contribution in [0.1, 0.15) is 12.8 Å². The second kappa shape index (κ2) is 8.90. The van der Waals surface area contributed by atoms with Crippen molar-refractivity contribution in [2.75, 3.05) is 19.7 Å². The number of nitrogens with one attached hydrogen (secondary N) is 1. The Hall–Kier alpha value is -2.20. The van der Waals surface area contributed by atoms with Crippen molar-refractivity contribution in [1.82, 2.24) is 5.32 Å². The number of para-hydroxylation sites is 1. The van der Waals surface area contributed by atoms with Gasteiger partial charge in [-0.15, -0.1) is 0 Å². The topological polar surface area (TPSA) is 87.1 Å². The number of ether oxygens (including phenoxy) is 1. The number of azide groups is 1. The van der Waals surface area contributed by atoms with Crippen LogP contribution in [0.4, 0.5) is 0 Å².